The van der Waals surface area contributed by atoms with E-state index in [0.29, 0.717) is 25.9 Å². The molecule has 0 saturated carbocycles. The number of benzene rings is 1. The number of rotatable bonds is 4. The van der Waals surface area contributed by atoms with Gasteiger partial charge in [0.25, 0.3) is 5.91 Å². The Bertz CT molecular complexity index is 602. The molecule has 1 saturated heterocycles. The maximum Gasteiger partial charge on any atom is 0.309 e. The fraction of sp³-hybridized carbons (Fsp3) is 0.467. The van der Waals surface area contributed by atoms with E-state index >= 15 is 0 Å². The SMILES string of the molecule is COC(=O)C1CC[NH+](CC(=O)Nc2ccc(F)c(F)c2F)CC1. The van der Waals surface area contributed by atoms with Crippen molar-refractivity contribution < 1.29 is 32.4 Å². The zero-order valence-corrected chi connectivity index (χ0v) is 12.6. The van der Waals surface area contributed by atoms with E-state index in [1.165, 1.54) is 7.11 Å². The highest BCUT2D eigenvalue weighted by molar-refractivity contribution is 5.91. The van der Waals surface area contributed by atoms with Crippen LogP contribution in [0.3, 0.4) is 0 Å². The lowest BCUT2D eigenvalue weighted by atomic mass is 9.97. The number of anilines is 1. The molecule has 2 rings (SSSR count). The van der Waals surface area contributed by atoms with Crippen LogP contribution >= 0.6 is 0 Å². The van der Waals surface area contributed by atoms with Crippen LogP contribution in [0.15, 0.2) is 12.1 Å². The first-order valence-electron chi connectivity index (χ1n) is 7.27. The Balaban J connectivity index is 1.87. The van der Waals surface area contributed by atoms with E-state index < -0.39 is 29.0 Å². The lowest BCUT2D eigenvalue weighted by Gasteiger charge is -2.27. The second-order valence-electron chi connectivity index (χ2n) is 5.50. The number of carbonyl (C=O) groups excluding carboxylic acids is 2. The number of hydrogen-bond donors (Lipinski definition) is 2. The molecule has 126 valence electrons. The van der Waals surface area contributed by atoms with Crippen LogP contribution in [-0.2, 0) is 14.3 Å². The number of carbonyl (C=O) groups is 2. The third kappa shape index (κ3) is 4.22. The number of esters is 1. The van der Waals surface area contributed by atoms with Gasteiger partial charge in [-0.05, 0) is 12.1 Å². The van der Waals surface area contributed by atoms with Crippen molar-refractivity contribution in [3.8, 4) is 0 Å². The molecule has 1 fully saturated rings. The molecule has 1 heterocycles. The predicted molar refractivity (Wildman–Crippen MR) is 75.2 cm³/mol. The second kappa shape index (κ2) is 7.45. The topological polar surface area (TPSA) is 59.8 Å². The van der Waals surface area contributed by atoms with E-state index in [4.69, 9.17) is 0 Å². The standard InChI is InChI=1S/C15H17F3N2O3/c1-23-15(22)9-4-6-20(7-5-9)8-12(21)19-11-3-2-10(16)13(17)14(11)18/h2-3,9H,4-8H2,1H3,(H,19,21)/p+1. The first-order valence-corrected chi connectivity index (χ1v) is 7.27. The lowest BCUT2D eigenvalue weighted by molar-refractivity contribution is -0.897. The molecule has 0 atom stereocenters. The summed E-state index contributed by atoms with van der Waals surface area (Å²) in [7, 11) is 1.34. The third-order valence-electron chi connectivity index (χ3n) is 3.95. The molecular weight excluding hydrogens is 313 g/mol. The number of ether oxygens (including phenoxy) is 1. The van der Waals surface area contributed by atoms with Crippen LogP contribution in [0, 0.1) is 23.4 Å². The van der Waals surface area contributed by atoms with Gasteiger partial charge in [-0.1, -0.05) is 0 Å². The van der Waals surface area contributed by atoms with Gasteiger partial charge < -0.3 is 15.0 Å². The van der Waals surface area contributed by atoms with E-state index in [1.54, 1.807) is 0 Å². The summed E-state index contributed by atoms with van der Waals surface area (Å²) in [5.74, 6) is -5.25. The summed E-state index contributed by atoms with van der Waals surface area (Å²) in [6.45, 7) is 1.27. The Labute approximate surface area is 131 Å². The van der Waals surface area contributed by atoms with Gasteiger partial charge in [-0.15, -0.1) is 0 Å². The van der Waals surface area contributed by atoms with Gasteiger partial charge in [0.2, 0.25) is 0 Å². The zero-order chi connectivity index (χ0) is 17.0. The summed E-state index contributed by atoms with van der Waals surface area (Å²) in [4.78, 5) is 24.2. The maximum absolute atomic E-state index is 13.5. The molecule has 1 aliphatic rings. The summed E-state index contributed by atoms with van der Waals surface area (Å²) in [6, 6.07) is 1.73. The van der Waals surface area contributed by atoms with E-state index in [9.17, 15) is 22.8 Å². The molecule has 1 aromatic rings. The van der Waals surface area contributed by atoms with Gasteiger partial charge >= 0.3 is 5.97 Å². The number of likely N-dealkylation sites (tertiary alicyclic amines) is 1. The molecule has 0 unspecified atom stereocenters. The third-order valence-corrected chi connectivity index (χ3v) is 3.95. The lowest BCUT2D eigenvalue weighted by Crippen LogP contribution is -3.14. The normalized spacial score (nSPS) is 20.9. The van der Waals surface area contributed by atoms with Crippen molar-refractivity contribution in [2.75, 3.05) is 32.1 Å². The molecule has 1 aliphatic heterocycles. The van der Waals surface area contributed by atoms with Crippen LogP contribution in [0.4, 0.5) is 18.9 Å². The molecular formula is C15H18F3N2O3+. The monoisotopic (exact) mass is 331 g/mol. The van der Waals surface area contributed by atoms with E-state index in [1.807, 2.05) is 0 Å². The fourth-order valence-electron chi connectivity index (χ4n) is 2.65. The summed E-state index contributed by atoms with van der Waals surface area (Å²) in [6.07, 6.45) is 1.21. The van der Waals surface area contributed by atoms with Crippen molar-refractivity contribution in [2.45, 2.75) is 12.8 Å². The molecule has 1 amide bonds. The first kappa shape index (κ1) is 17.3. The highest BCUT2D eigenvalue weighted by Gasteiger charge is 2.29. The van der Waals surface area contributed by atoms with E-state index in [2.05, 4.69) is 10.1 Å². The van der Waals surface area contributed by atoms with Gasteiger partial charge in [-0.25, -0.2) is 13.2 Å². The van der Waals surface area contributed by atoms with Gasteiger partial charge in [0, 0.05) is 12.8 Å². The van der Waals surface area contributed by atoms with Crippen molar-refractivity contribution in [3.63, 3.8) is 0 Å². The van der Waals surface area contributed by atoms with Crippen LogP contribution in [-0.4, -0.2) is 38.6 Å². The fourth-order valence-corrected chi connectivity index (χ4v) is 2.65. The molecule has 0 radical (unpaired) electrons. The molecule has 0 aliphatic carbocycles. The Morgan fingerprint density at radius 3 is 2.48 bits per heavy atom. The van der Waals surface area contributed by atoms with Gasteiger partial charge in [-0.2, -0.15) is 0 Å². The number of hydrogen-bond acceptors (Lipinski definition) is 3. The zero-order valence-electron chi connectivity index (χ0n) is 12.6. The quantitative estimate of drug-likeness (QED) is 0.624. The molecule has 23 heavy (non-hydrogen) atoms. The van der Waals surface area contributed by atoms with Gasteiger partial charge in [0.15, 0.2) is 24.0 Å². The molecule has 0 bridgehead atoms. The molecule has 2 N–H and O–H groups in total. The van der Waals surface area contributed by atoms with E-state index in [-0.39, 0.29) is 18.4 Å². The van der Waals surface area contributed by atoms with Crippen LogP contribution in [0.5, 0.6) is 0 Å². The summed E-state index contributed by atoms with van der Waals surface area (Å²) in [5, 5.41) is 2.24. The smallest absolute Gasteiger partial charge is 0.309 e. The minimum absolute atomic E-state index is 0.0618. The highest BCUT2D eigenvalue weighted by Crippen LogP contribution is 2.19. The van der Waals surface area contributed by atoms with Crippen molar-refractivity contribution in [3.05, 3.63) is 29.6 Å². The summed E-state index contributed by atoms with van der Waals surface area (Å²) in [5.41, 5.74) is -0.391. The summed E-state index contributed by atoms with van der Waals surface area (Å²) < 4.78 is 44.1. The number of amides is 1. The Morgan fingerprint density at radius 1 is 1.22 bits per heavy atom. The van der Waals surface area contributed by atoms with Gasteiger partial charge in [0.05, 0.1) is 31.8 Å². The predicted octanol–water partition coefficient (Wildman–Crippen LogP) is 0.510. The van der Waals surface area contributed by atoms with Crippen molar-refractivity contribution in [1.29, 1.82) is 0 Å². The number of nitrogens with one attached hydrogen (secondary N) is 2. The number of halogens is 3. The number of piperidine rings is 1. The number of quaternary nitrogens is 1. The second-order valence-corrected chi connectivity index (χ2v) is 5.50. The van der Waals surface area contributed by atoms with Crippen LogP contribution in [0.25, 0.3) is 0 Å². The number of methoxy groups -OCH3 is 1. The molecule has 8 heteroatoms. The molecule has 1 aromatic carbocycles. The Hall–Kier alpha value is -2.09. The molecule has 0 aromatic heterocycles. The Morgan fingerprint density at radius 2 is 1.87 bits per heavy atom. The average Bonchev–Trinajstić information content (AvgIpc) is 2.55. The average molecular weight is 331 g/mol. The Kier molecular flexibility index (Phi) is 5.59. The summed E-state index contributed by atoms with van der Waals surface area (Å²) >= 11 is 0. The highest BCUT2D eigenvalue weighted by atomic mass is 19.2. The molecule has 5 nitrogen and oxygen atoms in total. The van der Waals surface area contributed by atoms with Crippen LogP contribution < -0.4 is 10.2 Å². The van der Waals surface area contributed by atoms with Gasteiger partial charge in [0.1, 0.15) is 0 Å². The minimum Gasteiger partial charge on any atom is -0.469 e. The molecule has 0 spiro atoms. The van der Waals surface area contributed by atoms with Crippen LogP contribution in [0.1, 0.15) is 12.8 Å². The van der Waals surface area contributed by atoms with Crippen LogP contribution in [0.2, 0.25) is 0 Å². The maximum atomic E-state index is 13.5. The van der Waals surface area contributed by atoms with Crippen molar-refractivity contribution in [1.82, 2.24) is 0 Å². The van der Waals surface area contributed by atoms with E-state index in [0.717, 1.165) is 17.0 Å². The minimum atomic E-state index is -1.62. The van der Waals surface area contributed by atoms with Crippen molar-refractivity contribution >= 4 is 17.6 Å². The first-order chi connectivity index (χ1) is 10.9. The van der Waals surface area contributed by atoms with Gasteiger partial charge in [-0.3, -0.25) is 9.59 Å². The van der Waals surface area contributed by atoms with Crippen molar-refractivity contribution in [2.24, 2.45) is 5.92 Å². The largest absolute Gasteiger partial charge is 0.469 e.